The Morgan fingerprint density at radius 2 is 1.86 bits per heavy atom. The van der Waals surface area contributed by atoms with Gasteiger partial charge in [0.15, 0.2) is 0 Å². The molecule has 0 aliphatic carbocycles. The molecule has 1 amide bonds. The van der Waals surface area contributed by atoms with Crippen molar-refractivity contribution in [3.05, 3.63) is 70.7 Å². The summed E-state index contributed by atoms with van der Waals surface area (Å²) in [6, 6.07) is 15.9. The van der Waals surface area contributed by atoms with Crippen LogP contribution in [0.25, 0.3) is 10.8 Å². The number of carbonyl (C=O) groups is 1. The number of sulfonamides is 1. The predicted octanol–water partition coefficient (Wildman–Crippen LogP) is 3.99. The van der Waals surface area contributed by atoms with E-state index >= 15 is 0 Å². The van der Waals surface area contributed by atoms with Gasteiger partial charge >= 0.3 is 0 Å². The Hall–Kier alpha value is -2.41. The van der Waals surface area contributed by atoms with Gasteiger partial charge in [0.05, 0.1) is 10.6 Å². The van der Waals surface area contributed by atoms with E-state index in [1.807, 2.05) is 25.1 Å². The molecule has 0 atom stereocenters. The molecule has 1 N–H and O–H groups in total. The topological polar surface area (TPSA) is 66.5 Å². The van der Waals surface area contributed by atoms with Crippen LogP contribution in [0.4, 0.5) is 5.69 Å². The molecule has 1 aliphatic rings. The highest BCUT2D eigenvalue weighted by Crippen LogP contribution is 2.39. The van der Waals surface area contributed by atoms with Crippen LogP contribution in [0, 0.1) is 0 Å². The molecule has 0 saturated carbocycles. The molecule has 0 saturated heterocycles. The molecule has 0 aromatic heterocycles. The van der Waals surface area contributed by atoms with Crippen LogP contribution in [0.15, 0.2) is 59.5 Å². The third kappa shape index (κ3) is 3.17. The van der Waals surface area contributed by atoms with Crippen LogP contribution >= 0.6 is 11.6 Å². The van der Waals surface area contributed by atoms with Crippen LogP contribution in [0.5, 0.6) is 0 Å². The molecule has 28 heavy (non-hydrogen) atoms. The molecule has 0 unspecified atom stereocenters. The van der Waals surface area contributed by atoms with Crippen molar-refractivity contribution in [1.82, 2.24) is 4.72 Å². The molecule has 3 aromatic carbocycles. The third-order valence-electron chi connectivity index (χ3n) is 4.95. The molecule has 3 aromatic rings. The maximum absolute atomic E-state index is 12.9. The predicted molar refractivity (Wildman–Crippen MR) is 112 cm³/mol. The van der Waals surface area contributed by atoms with Gasteiger partial charge in [0.25, 0.3) is 5.91 Å². The molecule has 144 valence electrons. The average molecular weight is 415 g/mol. The van der Waals surface area contributed by atoms with E-state index < -0.39 is 10.0 Å². The van der Waals surface area contributed by atoms with Crippen molar-refractivity contribution in [1.29, 1.82) is 0 Å². The first kappa shape index (κ1) is 18.9. The van der Waals surface area contributed by atoms with Gasteiger partial charge in [0.2, 0.25) is 10.0 Å². The Labute approximate surface area is 169 Å². The number of nitrogens with zero attached hydrogens (tertiary/aromatic N) is 1. The van der Waals surface area contributed by atoms with Crippen LogP contribution in [0.2, 0.25) is 5.02 Å². The zero-order valence-electron chi connectivity index (χ0n) is 15.3. The second-order valence-corrected chi connectivity index (χ2v) is 8.81. The molecule has 0 bridgehead atoms. The van der Waals surface area contributed by atoms with Crippen LogP contribution in [0.1, 0.15) is 22.8 Å². The fourth-order valence-electron chi connectivity index (χ4n) is 3.67. The van der Waals surface area contributed by atoms with Crippen LogP contribution < -0.4 is 9.62 Å². The minimum atomic E-state index is -3.73. The monoisotopic (exact) mass is 414 g/mol. The van der Waals surface area contributed by atoms with Gasteiger partial charge in [-0.2, -0.15) is 0 Å². The van der Waals surface area contributed by atoms with Gasteiger partial charge in [-0.1, -0.05) is 35.9 Å². The zero-order chi connectivity index (χ0) is 19.9. The summed E-state index contributed by atoms with van der Waals surface area (Å²) >= 11 is 5.98. The summed E-state index contributed by atoms with van der Waals surface area (Å²) in [4.78, 5) is 14.4. The standard InChI is InChI=1S/C21H19ClN2O3S/c1-2-24-18-9-10-19(16-7-4-8-17(20(16)18)21(24)25)28(26,27)23-12-11-14-5-3-6-15(22)13-14/h3-10,13,23H,2,11-12H2,1H3. The molecule has 0 fully saturated rings. The fraction of sp³-hybridized carbons (Fsp3) is 0.190. The molecule has 1 heterocycles. The summed E-state index contributed by atoms with van der Waals surface area (Å²) in [6.45, 7) is 2.69. The van der Waals surface area contributed by atoms with Gasteiger partial charge in [-0.25, -0.2) is 13.1 Å². The lowest BCUT2D eigenvalue weighted by Gasteiger charge is -2.15. The number of halogens is 1. The summed E-state index contributed by atoms with van der Waals surface area (Å²) in [5, 5.41) is 1.89. The zero-order valence-corrected chi connectivity index (χ0v) is 16.8. The van der Waals surface area contributed by atoms with E-state index in [1.165, 1.54) is 0 Å². The first-order valence-electron chi connectivity index (χ1n) is 9.04. The number of benzene rings is 3. The van der Waals surface area contributed by atoms with Crippen LogP contribution in [0.3, 0.4) is 0 Å². The Balaban J connectivity index is 1.66. The minimum Gasteiger partial charge on any atom is -0.308 e. The Morgan fingerprint density at radius 1 is 1.07 bits per heavy atom. The van der Waals surface area contributed by atoms with E-state index in [9.17, 15) is 13.2 Å². The summed E-state index contributed by atoms with van der Waals surface area (Å²) in [7, 11) is -3.73. The Kier molecular flexibility index (Phi) is 4.87. The number of nitrogens with one attached hydrogen (secondary N) is 1. The van der Waals surface area contributed by atoms with E-state index in [1.54, 1.807) is 41.3 Å². The van der Waals surface area contributed by atoms with Crippen molar-refractivity contribution in [3.8, 4) is 0 Å². The van der Waals surface area contributed by atoms with Gasteiger partial charge in [-0.15, -0.1) is 0 Å². The lowest BCUT2D eigenvalue weighted by molar-refractivity contribution is 0.0994. The Morgan fingerprint density at radius 3 is 2.61 bits per heavy atom. The molecule has 4 rings (SSSR count). The van der Waals surface area contributed by atoms with Crippen molar-refractivity contribution >= 4 is 44.0 Å². The van der Waals surface area contributed by atoms with Crippen LogP contribution in [-0.2, 0) is 16.4 Å². The molecular formula is C21H19ClN2O3S. The Bertz CT molecular complexity index is 1190. The first-order chi connectivity index (χ1) is 13.4. The van der Waals surface area contributed by atoms with Crippen molar-refractivity contribution in [2.24, 2.45) is 0 Å². The van der Waals surface area contributed by atoms with Gasteiger partial charge in [-0.3, -0.25) is 4.79 Å². The molecule has 7 heteroatoms. The summed E-state index contributed by atoms with van der Waals surface area (Å²) in [6.07, 6.45) is 0.531. The second kappa shape index (κ2) is 7.20. The first-order valence-corrected chi connectivity index (χ1v) is 10.9. The highest BCUT2D eigenvalue weighted by atomic mass is 35.5. The number of rotatable bonds is 6. The number of carbonyl (C=O) groups excluding carboxylic acids is 1. The summed E-state index contributed by atoms with van der Waals surface area (Å²) in [5.41, 5.74) is 2.26. The quantitative estimate of drug-likeness (QED) is 0.663. The fourth-order valence-corrected chi connectivity index (χ4v) is 5.11. The van der Waals surface area contributed by atoms with Gasteiger partial charge in [0, 0.05) is 34.4 Å². The SMILES string of the molecule is CCN1C(=O)c2cccc3c(S(=O)(=O)NCCc4cccc(Cl)c4)ccc1c23. The number of amides is 1. The smallest absolute Gasteiger partial charge is 0.258 e. The summed E-state index contributed by atoms with van der Waals surface area (Å²) < 4.78 is 28.5. The lowest BCUT2D eigenvalue weighted by Crippen LogP contribution is -2.26. The minimum absolute atomic E-state index is 0.0911. The number of hydrogen-bond acceptors (Lipinski definition) is 3. The average Bonchev–Trinajstić information content (AvgIpc) is 2.95. The maximum Gasteiger partial charge on any atom is 0.258 e. The van der Waals surface area contributed by atoms with Crippen molar-refractivity contribution in [2.45, 2.75) is 18.2 Å². The number of anilines is 1. The molecule has 0 spiro atoms. The highest BCUT2D eigenvalue weighted by Gasteiger charge is 2.31. The van der Waals surface area contributed by atoms with E-state index in [2.05, 4.69) is 4.72 Å². The van der Waals surface area contributed by atoms with Gasteiger partial charge in [-0.05, 0) is 49.2 Å². The van der Waals surface area contributed by atoms with Gasteiger partial charge in [0.1, 0.15) is 0 Å². The number of hydrogen-bond donors (Lipinski definition) is 1. The van der Waals surface area contributed by atoms with Crippen LogP contribution in [-0.4, -0.2) is 27.4 Å². The normalized spacial score (nSPS) is 13.5. The molecule has 0 radical (unpaired) electrons. The third-order valence-corrected chi connectivity index (χ3v) is 6.70. The molecular weight excluding hydrogens is 396 g/mol. The van der Waals surface area contributed by atoms with E-state index in [-0.39, 0.29) is 17.3 Å². The van der Waals surface area contributed by atoms with Gasteiger partial charge < -0.3 is 4.90 Å². The van der Waals surface area contributed by atoms with E-state index in [0.717, 1.165) is 11.3 Å². The molecule has 1 aliphatic heterocycles. The van der Waals surface area contributed by atoms with Crippen molar-refractivity contribution < 1.29 is 13.2 Å². The molecule has 5 nitrogen and oxygen atoms in total. The van der Waals surface area contributed by atoms with E-state index in [0.29, 0.717) is 34.3 Å². The largest absolute Gasteiger partial charge is 0.308 e. The second-order valence-electron chi connectivity index (χ2n) is 6.64. The maximum atomic E-state index is 12.9. The lowest BCUT2D eigenvalue weighted by atomic mass is 10.1. The summed E-state index contributed by atoms with van der Waals surface area (Å²) in [5.74, 6) is -0.0911. The van der Waals surface area contributed by atoms with E-state index in [4.69, 9.17) is 11.6 Å². The van der Waals surface area contributed by atoms with Crippen molar-refractivity contribution in [3.63, 3.8) is 0 Å². The highest BCUT2D eigenvalue weighted by molar-refractivity contribution is 7.89. The van der Waals surface area contributed by atoms with Crippen molar-refractivity contribution in [2.75, 3.05) is 18.0 Å².